The highest BCUT2D eigenvalue weighted by Gasteiger charge is 2.14. The minimum atomic E-state index is -0.0418. The second kappa shape index (κ2) is 8.08. The number of benzene rings is 2. The highest BCUT2D eigenvalue weighted by molar-refractivity contribution is 5.93. The average Bonchev–Trinajstić information content (AvgIpc) is 2.65. The van der Waals surface area contributed by atoms with E-state index in [1.54, 1.807) is 7.05 Å². The second-order valence-electron chi connectivity index (χ2n) is 6.25. The molecule has 0 aliphatic carbocycles. The van der Waals surface area contributed by atoms with E-state index in [-0.39, 0.29) is 5.91 Å². The minimum Gasteiger partial charge on any atom is -0.355 e. The van der Waals surface area contributed by atoms with Gasteiger partial charge in [-0.3, -0.25) is 9.69 Å². The van der Waals surface area contributed by atoms with Crippen LogP contribution < -0.4 is 10.6 Å². The van der Waals surface area contributed by atoms with E-state index in [4.69, 9.17) is 0 Å². The van der Waals surface area contributed by atoms with Crippen molar-refractivity contribution >= 4 is 5.91 Å². The van der Waals surface area contributed by atoms with Gasteiger partial charge in [0.2, 0.25) is 0 Å². The summed E-state index contributed by atoms with van der Waals surface area (Å²) in [4.78, 5) is 14.0. The van der Waals surface area contributed by atoms with Crippen molar-refractivity contribution in [3.63, 3.8) is 0 Å². The molecule has 1 heterocycles. The van der Waals surface area contributed by atoms with Crippen molar-refractivity contribution in [3.8, 4) is 0 Å². The van der Waals surface area contributed by atoms with Crippen LogP contribution in [0.2, 0.25) is 0 Å². The van der Waals surface area contributed by atoms with E-state index >= 15 is 0 Å². The third kappa shape index (κ3) is 4.22. The van der Waals surface area contributed by atoms with Crippen LogP contribution in [0, 0.1) is 0 Å². The van der Waals surface area contributed by atoms with Gasteiger partial charge in [0.1, 0.15) is 0 Å². The van der Waals surface area contributed by atoms with Crippen LogP contribution in [0.3, 0.4) is 0 Å². The van der Waals surface area contributed by atoms with Crippen molar-refractivity contribution < 1.29 is 4.79 Å². The summed E-state index contributed by atoms with van der Waals surface area (Å²) in [6, 6.07) is 16.5. The van der Waals surface area contributed by atoms with Crippen molar-refractivity contribution in [3.05, 3.63) is 70.8 Å². The number of hydrogen-bond acceptors (Lipinski definition) is 3. The molecule has 0 saturated heterocycles. The summed E-state index contributed by atoms with van der Waals surface area (Å²) in [5, 5.41) is 6.13. The lowest BCUT2D eigenvalue weighted by atomic mass is 10.00. The highest BCUT2D eigenvalue weighted by Crippen LogP contribution is 2.17. The molecule has 0 atom stereocenters. The lowest BCUT2D eigenvalue weighted by Crippen LogP contribution is -2.35. The van der Waals surface area contributed by atoms with Crippen molar-refractivity contribution in [1.29, 1.82) is 0 Å². The summed E-state index contributed by atoms with van der Waals surface area (Å²) in [6.45, 7) is 5.06. The lowest BCUT2D eigenvalue weighted by Gasteiger charge is -2.28. The number of rotatable bonds is 6. The molecule has 2 N–H and O–H groups in total. The van der Waals surface area contributed by atoms with Crippen LogP contribution in [0.5, 0.6) is 0 Å². The normalized spacial score (nSPS) is 14.2. The third-order valence-corrected chi connectivity index (χ3v) is 4.59. The molecule has 0 bridgehead atoms. The van der Waals surface area contributed by atoms with Gasteiger partial charge in [-0.15, -0.1) is 0 Å². The second-order valence-corrected chi connectivity index (χ2v) is 6.25. The molecule has 0 saturated carbocycles. The Balaban J connectivity index is 1.41. The summed E-state index contributed by atoms with van der Waals surface area (Å²) in [5.74, 6) is -0.0418. The number of amides is 1. The topological polar surface area (TPSA) is 44.4 Å². The molecule has 0 fully saturated rings. The smallest absolute Gasteiger partial charge is 0.251 e. The van der Waals surface area contributed by atoms with Gasteiger partial charge in [0.15, 0.2) is 0 Å². The van der Waals surface area contributed by atoms with Crippen molar-refractivity contribution in [2.45, 2.75) is 19.5 Å². The molecule has 0 radical (unpaired) electrons. The number of nitrogens with zero attached hydrogens (tertiary/aromatic N) is 1. The van der Waals surface area contributed by atoms with E-state index in [1.807, 2.05) is 24.3 Å². The first-order valence-corrected chi connectivity index (χ1v) is 8.57. The molecule has 1 aliphatic rings. The monoisotopic (exact) mass is 323 g/mol. The summed E-state index contributed by atoms with van der Waals surface area (Å²) < 4.78 is 0. The lowest BCUT2D eigenvalue weighted by molar-refractivity contribution is 0.0963. The van der Waals surface area contributed by atoms with Crippen LogP contribution in [0.1, 0.15) is 27.0 Å². The Kier molecular flexibility index (Phi) is 5.62. The van der Waals surface area contributed by atoms with E-state index in [9.17, 15) is 4.79 Å². The summed E-state index contributed by atoms with van der Waals surface area (Å²) in [7, 11) is 1.65. The molecule has 4 heteroatoms. The van der Waals surface area contributed by atoms with Crippen LogP contribution in [-0.4, -0.2) is 37.5 Å². The van der Waals surface area contributed by atoms with E-state index in [1.165, 1.54) is 16.7 Å². The summed E-state index contributed by atoms with van der Waals surface area (Å²) in [6.07, 6.45) is 1.15. The standard InChI is InChI=1S/C20H25N3O/c1-21-20(24)18-8-6-16(7-9-18)14-22-11-13-23-12-10-17-4-2-3-5-19(17)15-23/h2-9,22H,10-15H2,1H3,(H,21,24). The minimum absolute atomic E-state index is 0.0418. The van der Waals surface area contributed by atoms with Crippen molar-refractivity contribution in [2.75, 3.05) is 26.7 Å². The number of nitrogens with one attached hydrogen (secondary N) is 2. The fraction of sp³-hybridized carbons (Fsp3) is 0.350. The van der Waals surface area contributed by atoms with Gasteiger partial charge in [-0.05, 0) is 35.2 Å². The van der Waals surface area contributed by atoms with Crippen molar-refractivity contribution in [1.82, 2.24) is 15.5 Å². The maximum absolute atomic E-state index is 11.5. The molecule has 4 nitrogen and oxygen atoms in total. The van der Waals surface area contributed by atoms with Gasteiger partial charge >= 0.3 is 0 Å². The van der Waals surface area contributed by atoms with E-state index in [0.717, 1.165) is 39.1 Å². The zero-order chi connectivity index (χ0) is 16.8. The maximum atomic E-state index is 11.5. The molecule has 2 aromatic carbocycles. The number of fused-ring (bicyclic) bond motifs is 1. The predicted octanol–water partition coefficient (Wildman–Crippen LogP) is 2.19. The fourth-order valence-electron chi connectivity index (χ4n) is 3.13. The van der Waals surface area contributed by atoms with Crippen LogP contribution in [0.15, 0.2) is 48.5 Å². The van der Waals surface area contributed by atoms with Gasteiger partial charge in [0.25, 0.3) is 5.91 Å². The average molecular weight is 323 g/mol. The Morgan fingerprint density at radius 3 is 2.58 bits per heavy atom. The van der Waals surface area contributed by atoms with Crippen LogP contribution in [0.25, 0.3) is 0 Å². The molecule has 126 valence electrons. The van der Waals surface area contributed by atoms with Gasteiger partial charge in [-0.2, -0.15) is 0 Å². The van der Waals surface area contributed by atoms with Crippen molar-refractivity contribution in [2.24, 2.45) is 0 Å². The summed E-state index contributed by atoms with van der Waals surface area (Å²) in [5.41, 5.74) is 4.87. The van der Waals surface area contributed by atoms with E-state index in [0.29, 0.717) is 5.56 Å². The largest absolute Gasteiger partial charge is 0.355 e. The molecule has 1 aliphatic heterocycles. The molecular weight excluding hydrogens is 298 g/mol. The highest BCUT2D eigenvalue weighted by atomic mass is 16.1. The maximum Gasteiger partial charge on any atom is 0.251 e. The first-order valence-electron chi connectivity index (χ1n) is 8.57. The zero-order valence-electron chi connectivity index (χ0n) is 14.2. The molecule has 0 unspecified atom stereocenters. The molecule has 0 aromatic heterocycles. The van der Waals surface area contributed by atoms with Gasteiger partial charge in [0, 0.05) is 45.3 Å². The predicted molar refractivity (Wildman–Crippen MR) is 97.0 cm³/mol. The zero-order valence-corrected chi connectivity index (χ0v) is 14.2. The van der Waals surface area contributed by atoms with Gasteiger partial charge in [0.05, 0.1) is 0 Å². The van der Waals surface area contributed by atoms with Gasteiger partial charge in [-0.25, -0.2) is 0 Å². The number of carbonyl (C=O) groups is 1. The molecule has 0 spiro atoms. The Hall–Kier alpha value is -2.17. The van der Waals surface area contributed by atoms with E-state index < -0.39 is 0 Å². The first-order chi connectivity index (χ1) is 11.8. The molecule has 2 aromatic rings. The Bertz CT molecular complexity index is 682. The molecular formula is C20H25N3O. The van der Waals surface area contributed by atoms with Gasteiger partial charge < -0.3 is 10.6 Å². The first kappa shape index (κ1) is 16.7. The third-order valence-electron chi connectivity index (χ3n) is 4.59. The fourth-order valence-corrected chi connectivity index (χ4v) is 3.13. The van der Waals surface area contributed by atoms with Crippen LogP contribution >= 0.6 is 0 Å². The van der Waals surface area contributed by atoms with Gasteiger partial charge in [-0.1, -0.05) is 36.4 Å². The number of hydrogen-bond donors (Lipinski definition) is 2. The van der Waals surface area contributed by atoms with Crippen LogP contribution in [-0.2, 0) is 19.5 Å². The Morgan fingerprint density at radius 1 is 1.08 bits per heavy atom. The molecule has 1 amide bonds. The Morgan fingerprint density at radius 2 is 1.83 bits per heavy atom. The summed E-state index contributed by atoms with van der Waals surface area (Å²) >= 11 is 0. The van der Waals surface area contributed by atoms with E-state index in [2.05, 4.69) is 39.8 Å². The quantitative estimate of drug-likeness (QED) is 0.801. The molecule has 24 heavy (non-hydrogen) atoms. The number of carbonyl (C=O) groups excluding carboxylic acids is 1. The van der Waals surface area contributed by atoms with Crippen LogP contribution in [0.4, 0.5) is 0 Å². The SMILES string of the molecule is CNC(=O)c1ccc(CNCCN2CCc3ccccc3C2)cc1. The Labute approximate surface area is 143 Å². The molecule has 3 rings (SSSR count).